The molecule has 1 saturated heterocycles. The Morgan fingerprint density at radius 1 is 1.16 bits per heavy atom. The van der Waals surface area contributed by atoms with E-state index < -0.39 is 36.7 Å². The number of ether oxygens (including phenoxy) is 2. The van der Waals surface area contributed by atoms with E-state index in [1.165, 1.54) is 4.68 Å². The number of aliphatic hydroxyl groups excluding tert-OH is 3. The Labute approximate surface area is 142 Å². The van der Waals surface area contributed by atoms with E-state index in [1.807, 2.05) is 18.2 Å². The van der Waals surface area contributed by atoms with E-state index in [-0.39, 0.29) is 5.88 Å². The van der Waals surface area contributed by atoms with Gasteiger partial charge in [-0.05, 0) is 19.1 Å². The molecule has 1 aromatic carbocycles. The fourth-order valence-electron chi connectivity index (χ4n) is 2.58. The molecule has 0 amide bonds. The van der Waals surface area contributed by atoms with Gasteiger partial charge in [-0.25, -0.2) is 9.48 Å². The number of carboxylic acids is 1. The van der Waals surface area contributed by atoms with Crippen LogP contribution in [0, 0.1) is 6.92 Å². The molecule has 0 saturated carbocycles. The van der Waals surface area contributed by atoms with Gasteiger partial charge in [0.1, 0.15) is 18.3 Å². The number of hydrogen-bond acceptors (Lipinski definition) is 7. The van der Waals surface area contributed by atoms with Gasteiger partial charge < -0.3 is 29.9 Å². The van der Waals surface area contributed by atoms with Crippen LogP contribution in [0.2, 0.25) is 0 Å². The molecule has 9 heteroatoms. The van der Waals surface area contributed by atoms with Gasteiger partial charge in [0.2, 0.25) is 12.2 Å². The predicted octanol–water partition coefficient (Wildman–Crippen LogP) is -0.548. The van der Waals surface area contributed by atoms with Crippen LogP contribution < -0.4 is 4.74 Å². The maximum atomic E-state index is 11.2. The lowest BCUT2D eigenvalue weighted by molar-refractivity contribution is -0.272. The Morgan fingerprint density at radius 2 is 1.84 bits per heavy atom. The third kappa shape index (κ3) is 3.35. The molecule has 0 radical (unpaired) electrons. The number of para-hydroxylation sites is 1. The van der Waals surface area contributed by atoms with Gasteiger partial charge in [0.05, 0.1) is 11.4 Å². The van der Waals surface area contributed by atoms with Gasteiger partial charge in [0.15, 0.2) is 6.10 Å². The van der Waals surface area contributed by atoms with Crippen LogP contribution in [0.5, 0.6) is 5.88 Å². The van der Waals surface area contributed by atoms with Crippen molar-refractivity contribution in [2.45, 2.75) is 37.6 Å². The summed E-state index contributed by atoms with van der Waals surface area (Å²) in [5.74, 6) is -1.28. The predicted molar refractivity (Wildman–Crippen MR) is 83.2 cm³/mol. The van der Waals surface area contributed by atoms with Gasteiger partial charge >= 0.3 is 5.97 Å². The Kier molecular flexibility index (Phi) is 4.73. The first-order valence-corrected chi connectivity index (χ1v) is 7.59. The largest absolute Gasteiger partial charge is 0.479 e. The zero-order valence-corrected chi connectivity index (χ0v) is 13.3. The Bertz CT molecular complexity index is 748. The highest BCUT2D eigenvalue weighted by Crippen LogP contribution is 2.26. The normalized spacial score (nSPS) is 29.4. The van der Waals surface area contributed by atoms with Crippen molar-refractivity contribution < 1.29 is 34.7 Å². The molecule has 134 valence electrons. The molecule has 0 spiro atoms. The Morgan fingerprint density at radius 3 is 2.48 bits per heavy atom. The molecule has 3 rings (SSSR count). The third-order valence-corrected chi connectivity index (χ3v) is 3.85. The molecular weight excluding hydrogens is 332 g/mol. The summed E-state index contributed by atoms with van der Waals surface area (Å²) in [5.41, 5.74) is 1.31. The van der Waals surface area contributed by atoms with Crippen molar-refractivity contribution in [3.05, 3.63) is 42.1 Å². The summed E-state index contributed by atoms with van der Waals surface area (Å²) < 4.78 is 12.1. The molecular formula is C16H18N2O7. The molecule has 0 aliphatic carbocycles. The van der Waals surface area contributed by atoms with Crippen molar-refractivity contribution in [2.24, 2.45) is 0 Å². The summed E-state index contributed by atoms with van der Waals surface area (Å²) in [7, 11) is 0. The number of hydrogen-bond donors (Lipinski definition) is 4. The van der Waals surface area contributed by atoms with E-state index in [0.717, 1.165) is 0 Å². The lowest BCUT2D eigenvalue weighted by Gasteiger charge is -2.38. The first kappa shape index (κ1) is 17.4. The number of rotatable bonds is 4. The fraction of sp³-hybridized carbons (Fsp3) is 0.375. The average Bonchev–Trinajstić information content (AvgIpc) is 2.96. The molecule has 25 heavy (non-hydrogen) atoms. The van der Waals surface area contributed by atoms with E-state index in [4.69, 9.17) is 14.6 Å². The first-order valence-electron chi connectivity index (χ1n) is 7.59. The van der Waals surface area contributed by atoms with Gasteiger partial charge in [-0.2, -0.15) is 5.10 Å². The molecule has 1 aromatic heterocycles. The smallest absolute Gasteiger partial charge is 0.335 e. The lowest BCUT2D eigenvalue weighted by Crippen LogP contribution is -2.61. The average molecular weight is 350 g/mol. The van der Waals surface area contributed by atoms with Crippen LogP contribution in [-0.4, -0.2) is 66.9 Å². The SMILES string of the molecule is Cc1cc(OC2OC(C(=O)O)C(O)C(O)C2O)n(-c2ccccc2)n1. The van der Waals surface area contributed by atoms with Gasteiger partial charge in [-0.15, -0.1) is 0 Å². The number of benzene rings is 1. The van der Waals surface area contributed by atoms with Crippen molar-refractivity contribution >= 4 is 5.97 Å². The molecule has 9 nitrogen and oxygen atoms in total. The van der Waals surface area contributed by atoms with Crippen molar-refractivity contribution in [3.63, 3.8) is 0 Å². The number of nitrogens with zero attached hydrogens (tertiary/aromatic N) is 2. The topological polar surface area (TPSA) is 134 Å². The Hall–Kier alpha value is -2.46. The number of aliphatic hydroxyl groups is 3. The molecule has 2 heterocycles. The highest BCUT2D eigenvalue weighted by molar-refractivity contribution is 5.73. The van der Waals surface area contributed by atoms with E-state index in [9.17, 15) is 20.1 Å². The minimum Gasteiger partial charge on any atom is -0.479 e. The molecule has 5 unspecified atom stereocenters. The van der Waals surface area contributed by atoms with Gasteiger partial charge in [0, 0.05) is 6.07 Å². The van der Waals surface area contributed by atoms with Crippen LogP contribution in [0.3, 0.4) is 0 Å². The van der Waals surface area contributed by atoms with E-state index >= 15 is 0 Å². The molecule has 4 N–H and O–H groups in total. The van der Waals surface area contributed by atoms with Crippen molar-refractivity contribution in [1.82, 2.24) is 9.78 Å². The highest BCUT2D eigenvalue weighted by Gasteiger charge is 2.48. The summed E-state index contributed by atoms with van der Waals surface area (Å²) >= 11 is 0. The second kappa shape index (κ2) is 6.81. The van der Waals surface area contributed by atoms with Crippen molar-refractivity contribution in [1.29, 1.82) is 0 Å². The van der Waals surface area contributed by atoms with Crippen LogP contribution in [0.4, 0.5) is 0 Å². The minimum atomic E-state index is -1.77. The van der Waals surface area contributed by atoms with Gasteiger partial charge in [-0.1, -0.05) is 18.2 Å². The standard InChI is InChI=1S/C16H18N2O7/c1-8-7-10(18(17-8)9-5-3-2-4-6-9)24-16-13(21)11(19)12(20)14(25-16)15(22)23/h2-7,11-14,16,19-21H,1H3,(H,22,23). The van der Waals surface area contributed by atoms with Crippen LogP contribution in [0.1, 0.15) is 5.69 Å². The van der Waals surface area contributed by atoms with Crippen LogP contribution in [0.25, 0.3) is 5.69 Å². The van der Waals surface area contributed by atoms with Crippen LogP contribution in [-0.2, 0) is 9.53 Å². The summed E-state index contributed by atoms with van der Waals surface area (Å²) in [6.45, 7) is 1.74. The van der Waals surface area contributed by atoms with E-state index in [1.54, 1.807) is 25.1 Å². The number of aryl methyl sites for hydroxylation is 1. The molecule has 2 aromatic rings. The summed E-state index contributed by atoms with van der Waals surface area (Å²) in [5, 5.41) is 43.0. The summed E-state index contributed by atoms with van der Waals surface area (Å²) in [4.78, 5) is 11.2. The second-order valence-electron chi connectivity index (χ2n) is 5.72. The maximum absolute atomic E-state index is 11.2. The molecule has 0 bridgehead atoms. The number of aromatic nitrogens is 2. The molecule has 1 aliphatic rings. The molecule has 1 aliphatic heterocycles. The molecule has 5 atom stereocenters. The third-order valence-electron chi connectivity index (χ3n) is 3.85. The van der Waals surface area contributed by atoms with Crippen LogP contribution in [0.15, 0.2) is 36.4 Å². The number of carboxylic acid groups (broad SMARTS) is 1. The zero-order valence-electron chi connectivity index (χ0n) is 13.3. The zero-order chi connectivity index (χ0) is 18.1. The number of carbonyl (C=O) groups is 1. The van der Waals surface area contributed by atoms with E-state index in [2.05, 4.69) is 5.10 Å². The number of aliphatic carboxylic acids is 1. The quantitative estimate of drug-likeness (QED) is 0.577. The summed E-state index contributed by atoms with van der Waals surface area (Å²) in [6.07, 6.45) is -8.34. The van der Waals surface area contributed by atoms with Crippen LogP contribution >= 0.6 is 0 Å². The maximum Gasteiger partial charge on any atom is 0.335 e. The highest BCUT2D eigenvalue weighted by atomic mass is 16.7. The fourth-order valence-corrected chi connectivity index (χ4v) is 2.58. The van der Waals surface area contributed by atoms with Crippen molar-refractivity contribution in [3.8, 4) is 11.6 Å². The van der Waals surface area contributed by atoms with E-state index in [0.29, 0.717) is 11.4 Å². The molecule has 1 fully saturated rings. The minimum absolute atomic E-state index is 0.195. The first-order chi connectivity index (χ1) is 11.9. The van der Waals surface area contributed by atoms with Gasteiger partial charge in [-0.3, -0.25) is 0 Å². The Balaban J connectivity index is 1.88. The van der Waals surface area contributed by atoms with Crippen molar-refractivity contribution in [2.75, 3.05) is 0 Å². The van der Waals surface area contributed by atoms with Gasteiger partial charge in [0.25, 0.3) is 0 Å². The lowest BCUT2D eigenvalue weighted by atomic mass is 9.99. The second-order valence-corrected chi connectivity index (χ2v) is 5.72. The monoisotopic (exact) mass is 350 g/mol. The summed E-state index contributed by atoms with van der Waals surface area (Å²) in [6, 6.07) is 10.6.